The lowest BCUT2D eigenvalue weighted by molar-refractivity contribution is -0.120. The van der Waals surface area contributed by atoms with E-state index in [0.717, 1.165) is 34.5 Å². The molecule has 2 N–H and O–H groups in total. The molecule has 0 radical (unpaired) electrons. The van der Waals surface area contributed by atoms with Gasteiger partial charge in [-0.25, -0.2) is 17.5 Å². The molecule has 9 heteroatoms. The fourth-order valence-electron chi connectivity index (χ4n) is 3.09. The molecule has 7 nitrogen and oxygen atoms in total. The monoisotopic (exact) mass is 430 g/mol. The molecule has 1 heterocycles. The van der Waals surface area contributed by atoms with Crippen molar-refractivity contribution in [3.63, 3.8) is 0 Å². The van der Waals surface area contributed by atoms with Crippen LogP contribution in [0.15, 0.2) is 48.5 Å². The van der Waals surface area contributed by atoms with Gasteiger partial charge >= 0.3 is 0 Å². The number of carbonyl (C=O) groups excluding carboxylic acids is 1. The summed E-state index contributed by atoms with van der Waals surface area (Å²) in [4.78, 5) is 12.4. The SMILES string of the molecule is Cc1nn(-c2ccc(F)cc2)c(C)c1CC(=O)NCc1ccc(NS(C)(=O)=O)cc1. The first kappa shape index (κ1) is 21.5. The van der Waals surface area contributed by atoms with Gasteiger partial charge in [-0.1, -0.05) is 12.1 Å². The Balaban J connectivity index is 1.63. The maximum absolute atomic E-state index is 13.2. The van der Waals surface area contributed by atoms with Crippen molar-refractivity contribution in [1.29, 1.82) is 0 Å². The van der Waals surface area contributed by atoms with Gasteiger partial charge in [0, 0.05) is 23.5 Å². The molecule has 0 unspecified atom stereocenters. The van der Waals surface area contributed by atoms with Crippen molar-refractivity contribution in [2.24, 2.45) is 0 Å². The fraction of sp³-hybridized carbons (Fsp3) is 0.238. The number of amides is 1. The van der Waals surface area contributed by atoms with Crippen LogP contribution in [-0.2, 0) is 27.8 Å². The number of aryl methyl sites for hydroxylation is 1. The lowest BCUT2D eigenvalue weighted by atomic mass is 10.1. The molecule has 30 heavy (non-hydrogen) atoms. The average molecular weight is 431 g/mol. The number of hydrogen-bond donors (Lipinski definition) is 2. The molecule has 2 aromatic carbocycles. The van der Waals surface area contributed by atoms with E-state index in [-0.39, 0.29) is 18.1 Å². The summed E-state index contributed by atoms with van der Waals surface area (Å²) in [5.74, 6) is -0.474. The van der Waals surface area contributed by atoms with Crippen LogP contribution in [0.4, 0.5) is 10.1 Å². The van der Waals surface area contributed by atoms with Gasteiger partial charge in [0.1, 0.15) is 5.82 Å². The Morgan fingerprint density at radius 3 is 2.30 bits per heavy atom. The number of aromatic nitrogens is 2. The average Bonchev–Trinajstić information content (AvgIpc) is 2.95. The highest BCUT2D eigenvalue weighted by Crippen LogP contribution is 2.19. The summed E-state index contributed by atoms with van der Waals surface area (Å²) in [5, 5.41) is 7.34. The van der Waals surface area contributed by atoms with Crippen LogP contribution in [0.5, 0.6) is 0 Å². The molecule has 0 saturated heterocycles. The largest absolute Gasteiger partial charge is 0.352 e. The predicted molar refractivity (Wildman–Crippen MR) is 113 cm³/mol. The van der Waals surface area contributed by atoms with Crippen LogP contribution in [0, 0.1) is 19.7 Å². The van der Waals surface area contributed by atoms with Crippen molar-refractivity contribution in [2.75, 3.05) is 11.0 Å². The predicted octanol–water partition coefficient (Wildman–Crippen LogP) is 2.86. The van der Waals surface area contributed by atoms with Crippen molar-refractivity contribution in [3.05, 3.63) is 76.9 Å². The molecule has 0 fully saturated rings. The van der Waals surface area contributed by atoms with E-state index < -0.39 is 10.0 Å². The summed E-state index contributed by atoms with van der Waals surface area (Å²) in [7, 11) is -3.33. The van der Waals surface area contributed by atoms with Crippen LogP contribution >= 0.6 is 0 Å². The molecule has 1 aromatic heterocycles. The van der Waals surface area contributed by atoms with Crippen molar-refractivity contribution in [1.82, 2.24) is 15.1 Å². The summed E-state index contributed by atoms with van der Waals surface area (Å²) in [6.07, 6.45) is 1.26. The van der Waals surface area contributed by atoms with Gasteiger partial charge in [-0.15, -0.1) is 0 Å². The lowest BCUT2D eigenvalue weighted by Gasteiger charge is -2.08. The lowest BCUT2D eigenvalue weighted by Crippen LogP contribution is -2.25. The second kappa shape index (κ2) is 8.66. The number of nitrogens with one attached hydrogen (secondary N) is 2. The summed E-state index contributed by atoms with van der Waals surface area (Å²) < 4.78 is 39.7. The zero-order chi connectivity index (χ0) is 21.9. The summed E-state index contributed by atoms with van der Waals surface area (Å²) in [6.45, 7) is 4.03. The normalized spacial score (nSPS) is 11.3. The number of carbonyl (C=O) groups is 1. The van der Waals surface area contributed by atoms with Crippen molar-refractivity contribution >= 4 is 21.6 Å². The molecular weight excluding hydrogens is 407 g/mol. The van der Waals surface area contributed by atoms with Gasteiger partial charge < -0.3 is 5.32 Å². The molecule has 0 saturated carbocycles. The fourth-order valence-corrected chi connectivity index (χ4v) is 3.66. The third kappa shape index (κ3) is 5.44. The number of anilines is 1. The number of sulfonamides is 1. The van der Waals surface area contributed by atoms with Crippen LogP contribution in [0.3, 0.4) is 0 Å². The minimum absolute atomic E-state index is 0.154. The number of nitrogens with zero attached hydrogens (tertiary/aromatic N) is 2. The standard InChI is InChI=1S/C21H23FN4O3S/c1-14-20(15(2)26(24-14)19-10-6-17(22)7-11-19)12-21(27)23-13-16-4-8-18(9-5-16)25-30(3,28)29/h4-11,25H,12-13H2,1-3H3,(H,23,27). The van der Waals surface area contributed by atoms with Gasteiger partial charge in [0.2, 0.25) is 15.9 Å². The summed E-state index contributed by atoms with van der Waals surface area (Å²) >= 11 is 0. The van der Waals surface area contributed by atoms with E-state index in [1.807, 2.05) is 13.8 Å². The molecule has 0 spiro atoms. The van der Waals surface area contributed by atoms with Gasteiger partial charge in [-0.2, -0.15) is 5.10 Å². The molecule has 0 atom stereocenters. The zero-order valence-electron chi connectivity index (χ0n) is 16.9. The van der Waals surface area contributed by atoms with Crippen molar-refractivity contribution in [2.45, 2.75) is 26.8 Å². The van der Waals surface area contributed by atoms with E-state index in [1.165, 1.54) is 12.1 Å². The third-order valence-corrected chi connectivity index (χ3v) is 5.20. The van der Waals surface area contributed by atoms with Crippen LogP contribution in [0.1, 0.15) is 22.5 Å². The molecule has 0 aliphatic carbocycles. The van der Waals surface area contributed by atoms with E-state index in [1.54, 1.807) is 41.1 Å². The molecule has 3 aromatic rings. The summed E-state index contributed by atoms with van der Waals surface area (Å²) in [5.41, 5.74) is 4.43. The van der Waals surface area contributed by atoms with Gasteiger partial charge in [-0.3, -0.25) is 9.52 Å². The first-order valence-corrected chi connectivity index (χ1v) is 11.2. The van der Waals surface area contributed by atoms with E-state index >= 15 is 0 Å². The minimum Gasteiger partial charge on any atom is -0.352 e. The van der Waals surface area contributed by atoms with Crippen LogP contribution in [0.25, 0.3) is 5.69 Å². The Hall–Kier alpha value is -3.20. The van der Waals surface area contributed by atoms with E-state index in [4.69, 9.17) is 0 Å². The van der Waals surface area contributed by atoms with Gasteiger partial charge in [-0.05, 0) is 55.8 Å². The van der Waals surface area contributed by atoms with Gasteiger partial charge in [0.15, 0.2) is 0 Å². The Morgan fingerprint density at radius 1 is 1.07 bits per heavy atom. The van der Waals surface area contributed by atoms with E-state index in [2.05, 4.69) is 15.1 Å². The number of hydrogen-bond acceptors (Lipinski definition) is 4. The number of halogens is 1. The maximum Gasteiger partial charge on any atom is 0.229 e. The first-order valence-electron chi connectivity index (χ1n) is 9.27. The molecule has 158 valence electrons. The number of rotatable bonds is 7. The Morgan fingerprint density at radius 2 is 1.70 bits per heavy atom. The Kier molecular flexibility index (Phi) is 6.21. The van der Waals surface area contributed by atoms with Crippen LogP contribution in [0.2, 0.25) is 0 Å². The Labute approximate surface area is 175 Å². The van der Waals surface area contributed by atoms with Gasteiger partial charge in [0.05, 0.1) is 24.1 Å². The quantitative estimate of drug-likeness (QED) is 0.603. The highest BCUT2D eigenvalue weighted by Gasteiger charge is 2.16. The van der Waals surface area contributed by atoms with Crippen molar-refractivity contribution < 1.29 is 17.6 Å². The van der Waals surface area contributed by atoms with Crippen LogP contribution < -0.4 is 10.0 Å². The molecule has 0 bridgehead atoms. The highest BCUT2D eigenvalue weighted by molar-refractivity contribution is 7.92. The van der Waals surface area contributed by atoms with Crippen molar-refractivity contribution in [3.8, 4) is 5.69 Å². The topological polar surface area (TPSA) is 93.1 Å². The molecule has 0 aliphatic heterocycles. The second-order valence-corrected chi connectivity index (χ2v) is 8.81. The molecule has 1 amide bonds. The Bertz CT molecular complexity index is 1150. The van der Waals surface area contributed by atoms with Gasteiger partial charge in [0.25, 0.3) is 0 Å². The maximum atomic E-state index is 13.2. The number of benzene rings is 2. The van der Waals surface area contributed by atoms with Crippen LogP contribution in [-0.4, -0.2) is 30.4 Å². The zero-order valence-corrected chi connectivity index (χ0v) is 17.8. The smallest absolute Gasteiger partial charge is 0.229 e. The third-order valence-electron chi connectivity index (χ3n) is 4.60. The highest BCUT2D eigenvalue weighted by atomic mass is 32.2. The minimum atomic E-state index is -3.33. The van der Waals surface area contributed by atoms with E-state index in [0.29, 0.717) is 12.2 Å². The summed E-state index contributed by atoms with van der Waals surface area (Å²) in [6, 6.07) is 12.8. The molecular formula is C21H23FN4O3S. The molecule has 3 rings (SSSR count). The first-order chi connectivity index (χ1) is 14.1. The molecule has 0 aliphatic rings. The second-order valence-electron chi connectivity index (χ2n) is 7.06. The van der Waals surface area contributed by atoms with E-state index in [9.17, 15) is 17.6 Å².